The molecule has 1 heterocycles. The summed E-state index contributed by atoms with van der Waals surface area (Å²) in [5.41, 5.74) is 2.81. The second kappa shape index (κ2) is 4.87. The van der Waals surface area contributed by atoms with Crippen molar-refractivity contribution in [3.63, 3.8) is 0 Å². The normalized spacial score (nSPS) is 10.1. The first-order chi connectivity index (χ1) is 8.56. The minimum Gasteiger partial charge on any atom is -0.478 e. The predicted octanol–water partition coefficient (Wildman–Crippen LogP) is 3.14. The first-order valence-corrected chi connectivity index (χ1v) is 5.61. The number of rotatable bonds is 3. The number of hydrogen-bond acceptors (Lipinski definition) is 3. The number of carbonyl (C=O) groups is 1. The van der Waals surface area contributed by atoms with Crippen LogP contribution in [0.2, 0.25) is 0 Å². The maximum absolute atomic E-state index is 10.9. The summed E-state index contributed by atoms with van der Waals surface area (Å²) in [6.45, 7) is 3.70. The monoisotopic (exact) mass is 242 g/mol. The molecule has 0 saturated carbocycles. The fraction of sp³-hybridized carbons (Fsp3) is 0.143. The minimum absolute atomic E-state index is 0.227. The van der Waals surface area contributed by atoms with E-state index in [1.807, 2.05) is 31.2 Å². The molecule has 0 fully saturated rings. The highest BCUT2D eigenvalue weighted by atomic mass is 16.4. The number of nitrogens with one attached hydrogen (secondary N) is 1. The molecule has 0 aliphatic heterocycles. The van der Waals surface area contributed by atoms with Crippen molar-refractivity contribution in [3.8, 4) is 0 Å². The summed E-state index contributed by atoms with van der Waals surface area (Å²) >= 11 is 0. The van der Waals surface area contributed by atoms with Gasteiger partial charge in [0.1, 0.15) is 5.82 Å². The van der Waals surface area contributed by atoms with Crippen LogP contribution in [-0.4, -0.2) is 16.1 Å². The van der Waals surface area contributed by atoms with Crippen molar-refractivity contribution in [1.82, 2.24) is 4.98 Å². The van der Waals surface area contributed by atoms with E-state index in [4.69, 9.17) is 5.11 Å². The zero-order valence-corrected chi connectivity index (χ0v) is 10.3. The quantitative estimate of drug-likeness (QED) is 0.868. The van der Waals surface area contributed by atoms with Gasteiger partial charge in [0.25, 0.3) is 0 Å². The molecule has 1 aromatic heterocycles. The van der Waals surface area contributed by atoms with Crippen LogP contribution in [0.1, 0.15) is 21.6 Å². The number of aromatic nitrogens is 1. The number of pyridine rings is 1. The second-order valence-corrected chi connectivity index (χ2v) is 4.13. The number of aryl methyl sites for hydroxylation is 2. The van der Waals surface area contributed by atoms with Crippen LogP contribution in [0, 0.1) is 13.8 Å². The molecule has 2 aromatic rings. The van der Waals surface area contributed by atoms with Gasteiger partial charge in [-0.25, -0.2) is 9.78 Å². The highest BCUT2D eigenvalue weighted by Crippen LogP contribution is 2.17. The molecule has 92 valence electrons. The highest BCUT2D eigenvalue weighted by molar-refractivity contribution is 5.89. The molecule has 0 radical (unpaired) electrons. The van der Waals surface area contributed by atoms with Crippen LogP contribution in [0.4, 0.5) is 11.5 Å². The Kier molecular flexibility index (Phi) is 3.28. The van der Waals surface area contributed by atoms with Gasteiger partial charge in [-0.3, -0.25) is 0 Å². The van der Waals surface area contributed by atoms with Crippen molar-refractivity contribution in [2.24, 2.45) is 0 Å². The standard InChI is InChI=1S/C14H14N2O2/c1-9-4-3-5-11(8-9)16-13-7-6-12(14(17)18)10(2)15-13/h3-8H,1-2H3,(H,15,16)(H,17,18). The van der Waals surface area contributed by atoms with Crippen LogP contribution in [0.5, 0.6) is 0 Å². The molecular weight excluding hydrogens is 228 g/mol. The van der Waals surface area contributed by atoms with E-state index in [9.17, 15) is 4.79 Å². The first-order valence-electron chi connectivity index (χ1n) is 5.61. The van der Waals surface area contributed by atoms with E-state index in [1.54, 1.807) is 19.1 Å². The average molecular weight is 242 g/mol. The van der Waals surface area contributed by atoms with Crippen molar-refractivity contribution in [2.75, 3.05) is 5.32 Å². The lowest BCUT2D eigenvalue weighted by atomic mass is 10.2. The molecule has 18 heavy (non-hydrogen) atoms. The zero-order valence-electron chi connectivity index (χ0n) is 10.3. The lowest BCUT2D eigenvalue weighted by molar-refractivity contribution is 0.0695. The Balaban J connectivity index is 2.25. The number of hydrogen-bond donors (Lipinski definition) is 2. The first kappa shape index (κ1) is 12.1. The summed E-state index contributed by atoms with van der Waals surface area (Å²) in [5.74, 6) is -0.315. The van der Waals surface area contributed by atoms with Gasteiger partial charge in [-0.05, 0) is 43.7 Å². The van der Waals surface area contributed by atoms with Gasteiger partial charge in [-0.1, -0.05) is 12.1 Å². The SMILES string of the molecule is Cc1cccc(Nc2ccc(C(=O)O)c(C)n2)c1. The Labute approximate surface area is 105 Å². The summed E-state index contributed by atoms with van der Waals surface area (Å²) in [4.78, 5) is 15.1. The summed E-state index contributed by atoms with van der Waals surface area (Å²) < 4.78 is 0. The van der Waals surface area contributed by atoms with Crippen molar-refractivity contribution < 1.29 is 9.90 Å². The molecule has 0 atom stereocenters. The van der Waals surface area contributed by atoms with Crippen molar-refractivity contribution in [3.05, 3.63) is 53.2 Å². The van der Waals surface area contributed by atoms with Gasteiger partial charge in [0.2, 0.25) is 0 Å². The Morgan fingerprint density at radius 3 is 2.61 bits per heavy atom. The molecule has 0 aliphatic carbocycles. The molecule has 4 heteroatoms. The van der Waals surface area contributed by atoms with Crippen LogP contribution in [0.3, 0.4) is 0 Å². The summed E-state index contributed by atoms with van der Waals surface area (Å²) in [6, 6.07) is 11.1. The van der Waals surface area contributed by atoms with Crippen LogP contribution in [-0.2, 0) is 0 Å². The molecule has 2 rings (SSSR count). The third-order valence-electron chi connectivity index (χ3n) is 2.61. The van der Waals surface area contributed by atoms with E-state index in [0.29, 0.717) is 11.5 Å². The molecule has 2 N–H and O–H groups in total. The third-order valence-corrected chi connectivity index (χ3v) is 2.61. The van der Waals surface area contributed by atoms with E-state index in [1.165, 1.54) is 0 Å². The van der Waals surface area contributed by atoms with Gasteiger partial charge < -0.3 is 10.4 Å². The van der Waals surface area contributed by atoms with Gasteiger partial charge in [0.15, 0.2) is 0 Å². The Hall–Kier alpha value is -2.36. The highest BCUT2D eigenvalue weighted by Gasteiger charge is 2.08. The smallest absolute Gasteiger partial charge is 0.337 e. The van der Waals surface area contributed by atoms with Gasteiger partial charge in [0, 0.05) is 5.69 Å². The van der Waals surface area contributed by atoms with E-state index < -0.39 is 5.97 Å². The van der Waals surface area contributed by atoms with E-state index in [0.717, 1.165) is 11.3 Å². The lowest BCUT2D eigenvalue weighted by Gasteiger charge is -2.08. The average Bonchev–Trinajstić information content (AvgIpc) is 2.28. The summed E-state index contributed by atoms with van der Waals surface area (Å²) in [5, 5.41) is 12.1. The predicted molar refractivity (Wildman–Crippen MR) is 70.4 cm³/mol. The van der Waals surface area contributed by atoms with Gasteiger partial charge in [-0.15, -0.1) is 0 Å². The number of nitrogens with zero attached hydrogens (tertiary/aromatic N) is 1. The molecule has 0 bridgehead atoms. The molecule has 4 nitrogen and oxygen atoms in total. The van der Waals surface area contributed by atoms with Crippen LogP contribution in [0.25, 0.3) is 0 Å². The number of carboxylic acid groups (broad SMARTS) is 1. The Bertz CT molecular complexity index is 594. The number of benzene rings is 1. The Morgan fingerprint density at radius 1 is 1.22 bits per heavy atom. The molecule has 0 spiro atoms. The molecule has 0 aliphatic rings. The van der Waals surface area contributed by atoms with E-state index in [2.05, 4.69) is 10.3 Å². The third kappa shape index (κ3) is 2.66. The molecule has 1 aromatic carbocycles. The van der Waals surface area contributed by atoms with Gasteiger partial charge in [0.05, 0.1) is 11.3 Å². The summed E-state index contributed by atoms with van der Waals surface area (Å²) in [6.07, 6.45) is 0. The van der Waals surface area contributed by atoms with Crippen LogP contribution in [0.15, 0.2) is 36.4 Å². The van der Waals surface area contributed by atoms with Crippen LogP contribution >= 0.6 is 0 Å². The van der Waals surface area contributed by atoms with Crippen molar-refractivity contribution >= 4 is 17.5 Å². The second-order valence-electron chi connectivity index (χ2n) is 4.13. The fourth-order valence-electron chi connectivity index (χ4n) is 1.73. The molecule has 0 unspecified atom stereocenters. The van der Waals surface area contributed by atoms with E-state index >= 15 is 0 Å². The zero-order chi connectivity index (χ0) is 13.1. The van der Waals surface area contributed by atoms with Gasteiger partial charge in [-0.2, -0.15) is 0 Å². The summed E-state index contributed by atoms with van der Waals surface area (Å²) in [7, 11) is 0. The maximum Gasteiger partial charge on any atom is 0.337 e. The number of aromatic carboxylic acids is 1. The lowest BCUT2D eigenvalue weighted by Crippen LogP contribution is -2.03. The molecule has 0 amide bonds. The largest absolute Gasteiger partial charge is 0.478 e. The molecule has 0 saturated heterocycles. The Morgan fingerprint density at radius 2 is 2.00 bits per heavy atom. The number of carboxylic acids is 1. The minimum atomic E-state index is -0.956. The van der Waals surface area contributed by atoms with Crippen molar-refractivity contribution in [1.29, 1.82) is 0 Å². The topological polar surface area (TPSA) is 62.2 Å². The maximum atomic E-state index is 10.9. The van der Waals surface area contributed by atoms with E-state index in [-0.39, 0.29) is 5.56 Å². The van der Waals surface area contributed by atoms with Crippen molar-refractivity contribution in [2.45, 2.75) is 13.8 Å². The fourth-order valence-corrected chi connectivity index (χ4v) is 1.73. The van der Waals surface area contributed by atoms with Crippen LogP contribution < -0.4 is 5.32 Å². The van der Waals surface area contributed by atoms with Gasteiger partial charge >= 0.3 is 5.97 Å². The number of anilines is 2. The molecular formula is C14H14N2O2.